The third-order valence-corrected chi connectivity index (χ3v) is 3.46. The van der Waals surface area contributed by atoms with Crippen LogP contribution in [0.4, 0.5) is 4.79 Å². The van der Waals surface area contributed by atoms with Gasteiger partial charge in [0.05, 0.1) is 5.41 Å². The number of esters is 1. The maximum atomic E-state index is 12.1. The zero-order chi connectivity index (χ0) is 14.0. The molecule has 18 heavy (non-hydrogen) atoms. The molecule has 1 rings (SSSR count). The lowest BCUT2D eigenvalue weighted by molar-refractivity contribution is -0.169. The topological polar surface area (TPSA) is 55.8 Å². The van der Waals surface area contributed by atoms with E-state index < -0.39 is 11.0 Å². The molecule has 0 saturated carbocycles. The highest BCUT2D eigenvalue weighted by Crippen LogP contribution is 2.34. The first kappa shape index (κ1) is 15.5. The molecule has 5 nitrogen and oxygen atoms in total. The molecule has 1 amide bonds. The Morgan fingerprint density at radius 2 is 1.72 bits per heavy atom. The van der Waals surface area contributed by atoms with Gasteiger partial charge in [-0.15, -0.1) is 0 Å². The van der Waals surface area contributed by atoms with Crippen molar-refractivity contribution in [1.29, 1.82) is 0 Å². The Balaban J connectivity index is 2.59. The van der Waals surface area contributed by atoms with Crippen molar-refractivity contribution >= 4 is 35.1 Å². The number of halogens is 1. The number of carbonyl (C=O) groups is 2. The zero-order valence-electron chi connectivity index (χ0n) is 11.3. The average Bonchev–Trinajstić information content (AvgIpc) is 2.27. The Hall–Kier alpha value is -0.530. The van der Waals surface area contributed by atoms with Gasteiger partial charge in [0, 0.05) is 13.1 Å². The third kappa shape index (κ3) is 4.00. The second-order valence-electron chi connectivity index (χ2n) is 5.89. The Bertz CT molecular complexity index is 329. The lowest BCUT2D eigenvalue weighted by Gasteiger charge is -2.38. The standard InChI is InChI=1S/C12H20INO4/c1-11(2,3)17-9(15)12(4)5-7-14(8-6-12)10(16)18-13/h5-8H2,1-4H3. The molecule has 1 saturated heterocycles. The number of piperidine rings is 1. The van der Waals surface area contributed by atoms with Gasteiger partial charge in [-0.25, -0.2) is 4.79 Å². The average molecular weight is 369 g/mol. The first-order valence-corrected chi connectivity index (χ1v) is 6.87. The summed E-state index contributed by atoms with van der Waals surface area (Å²) in [4.78, 5) is 25.1. The van der Waals surface area contributed by atoms with Crippen molar-refractivity contribution in [3.63, 3.8) is 0 Å². The van der Waals surface area contributed by atoms with Crippen LogP contribution in [-0.4, -0.2) is 35.7 Å². The number of likely N-dealkylation sites (tertiary alicyclic amines) is 1. The minimum Gasteiger partial charge on any atom is -0.460 e. The molecular weight excluding hydrogens is 349 g/mol. The molecule has 0 bridgehead atoms. The van der Waals surface area contributed by atoms with Gasteiger partial charge in [-0.2, -0.15) is 0 Å². The van der Waals surface area contributed by atoms with Crippen LogP contribution in [0.3, 0.4) is 0 Å². The smallest absolute Gasteiger partial charge is 0.419 e. The van der Waals surface area contributed by atoms with Crippen LogP contribution in [-0.2, 0) is 12.6 Å². The maximum absolute atomic E-state index is 12.1. The molecule has 1 fully saturated rings. The highest BCUT2D eigenvalue weighted by atomic mass is 127. The number of rotatable bonds is 1. The van der Waals surface area contributed by atoms with Crippen LogP contribution in [0.25, 0.3) is 0 Å². The molecule has 1 aliphatic heterocycles. The molecule has 0 atom stereocenters. The summed E-state index contributed by atoms with van der Waals surface area (Å²) in [6.07, 6.45) is 0.864. The summed E-state index contributed by atoms with van der Waals surface area (Å²) in [6, 6.07) is 0. The van der Waals surface area contributed by atoms with Gasteiger partial charge in [0.2, 0.25) is 0 Å². The number of hydrogen-bond acceptors (Lipinski definition) is 4. The van der Waals surface area contributed by atoms with Crippen LogP contribution in [0, 0.1) is 5.41 Å². The second kappa shape index (κ2) is 5.63. The van der Waals surface area contributed by atoms with Crippen molar-refractivity contribution in [1.82, 2.24) is 4.90 Å². The Kier molecular flexibility index (Phi) is 4.85. The molecule has 104 valence electrons. The van der Waals surface area contributed by atoms with Gasteiger partial charge in [0.25, 0.3) is 0 Å². The zero-order valence-corrected chi connectivity index (χ0v) is 13.4. The summed E-state index contributed by atoms with van der Waals surface area (Å²) in [6.45, 7) is 8.52. The van der Waals surface area contributed by atoms with Crippen LogP contribution >= 0.6 is 23.0 Å². The van der Waals surface area contributed by atoms with Crippen molar-refractivity contribution in [3.05, 3.63) is 0 Å². The number of nitrogens with zero attached hydrogens (tertiary/aromatic N) is 1. The van der Waals surface area contributed by atoms with E-state index >= 15 is 0 Å². The van der Waals surface area contributed by atoms with E-state index in [-0.39, 0.29) is 12.1 Å². The molecule has 0 aromatic heterocycles. The van der Waals surface area contributed by atoms with E-state index in [0.29, 0.717) is 25.9 Å². The quantitative estimate of drug-likeness (QED) is 0.527. The highest BCUT2D eigenvalue weighted by molar-refractivity contribution is 14.1. The van der Waals surface area contributed by atoms with E-state index in [4.69, 9.17) is 4.74 Å². The van der Waals surface area contributed by atoms with Gasteiger partial charge < -0.3 is 12.7 Å². The summed E-state index contributed by atoms with van der Waals surface area (Å²) in [5.74, 6) is -0.183. The SMILES string of the molecule is CC(C)(C)OC(=O)C1(C)CCN(C(=O)OI)CC1. The van der Waals surface area contributed by atoms with Crippen molar-refractivity contribution in [3.8, 4) is 0 Å². The highest BCUT2D eigenvalue weighted by Gasteiger charge is 2.41. The maximum Gasteiger partial charge on any atom is 0.419 e. The molecule has 0 aromatic rings. The van der Waals surface area contributed by atoms with Crippen LogP contribution in [0.1, 0.15) is 40.5 Å². The molecule has 1 aliphatic rings. The fourth-order valence-electron chi connectivity index (χ4n) is 1.84. The van der Waals surface area contributed by atoms with Crippen molar-refractivity contribution in [2.75, 3.05) is 13.1 Å². The minimum absolute atomic E-state index is 0.183. The van der Waals surface area contributed by atoms with Gasteiger partial charge in [-0.05, 0) is 40.5 Å². The van der Waals surface area contributed by atoms with Gasteiger partial charge in [0.1, 0.15) is 5.60 Å². The third-order valence-electron chi connectivity index (χ3n) is 3.08. The summed E-state index contributed by atoms with van der Waals surface area (Å²) < 4.78 is 10.1. The van der Waals surface area contributed by atoms with Gasteiger partial charge in [-0.3, -0.25) is 4.79 Å². The van der Waals surface area contributed by atoms with E-state index in [2.05, 4.69) is 3.07 Å². The van der Waals surface area contributed by atoms with E-state index in [1.54, 1.807) is 27.9 Å². The number of amides is 1. The summed E-state index contributed by atoms with van der Waals surface area (Å²) in [5, 5.41) is 0. The molecule has 0 aliphatic carbocycles. The van der Waals surface area contributed by atoms with E-state index in [9.17, 15) is 9.59 Å². The summed E-state index contributed by atoms with van der Waals surface area (Å²) >= 11 is 1.57. The van der Waals surface area contributed by atoms with E-state index in [1.807, 2.05) is 27.7 Å². The Labute approximate surface area is 122 Å². The van der Waals surface area contributed by atoms with Crippen molar-refractivity contribution < 1.29 is 17.4 Å². The molecule has 0 N–H and O–H groups in total. The van der Waals surface area contributed by atoms with Gasteiger partial charge >= 0.3 is 12.1 Å². The predicted octanol–water partition coefficient (Wildman–Crippen LogP) is 2.92. The predicted molar refractivity (Wildman–Crippen MR) is 75.3 cm³/mol. The lowest BCUT2D eigenvalue weighted by atomic mass is 9.80. The molecule has 0 spiro atoms. The van der Waals surface area contributed by atoms with Crippen molar-refractivity contribution in [2.45, 2.75) is 46.1 Å². The van der Waals surface area contributed by atoms with E-state index in [0.717, 1.165) is 0 Å². The second-order valence-corrected chi connectivity index (χ2v) is 6.33. The molecule has 0 radical (unpaired) electrons. The molecular formula is C12H20INO4. The number of hydrogen-bond donors (Lipinski definition) is 0. The fraction of sp³-hybridized carbons (Fsp3) is 0.833. The van der Waals surface area contributed by atoms with Crippen LogP contribution in [0.15, 0.2) is 0 Å². The normalized spacial score (nSPS) is 19.3. The van der Waals surface area contributed by atoms with Crippen molar-refractivity contribution in [2.24, 2.45) is 5.41 Å². The minimum atomic E-state index is -0.505. The van der Waals surface area contributed by atoms with E-state index in [1.165, 1.54) is 0 Å². The monoisotopic (exact) mass is 369 g/mol. The van der Waals surface area contributed by atoms with Crippen LogP contribution in [0.5, 0.6) is 0 Å². The summed E-state index contributed by atoms with van der Waals surface area (Å²) in [5.41, 5.74) is -0.978. The number of carbonyl (C=O) groups excluding carboxylic acids is 2. The first-order chi connectivity index (χ1) is 8.18. The Morgan fingerprint density at radius 1 is 1.22 bits per heavy atom. The Morgan fingerprint density at radius 3 is 2.11 bits per heavy atom. The summed E-state index contributed by atoms with van der Waals surface area (Å²) in [7, 11) is 0. The van der Waals surface area contributed by atoms with Gasteiger partial charge in [0.15, 0.2) is 23.0 Å². The first-order valence-electron chi connectivity index (χ1n) is 5.99. The largest absolute Gasteiger partial charge is 0.460 e. The van der Waals surface area contributed by atoms with Crippen LogP contribution < -0.4 is 0 Å². The molecule has 0 aromatic carbocycles. The fourth-order valence-corrected chi connectivity index (χ4v) is 2.12. The van der Waals surface area contributed by atoms with Crippen LogP contribution in [0.2, 0.25) is 0 Å². The molecule has 6 heteroatoms. The molecule has 0 unspecified atom stereocenters. The lowest BCUT2D eigenvalue weighted by Crippen LogP contribution is -2.46. The number of ether oxygens (including phenoxy) is 1. The molecule has 1 heterocycles. The van der Waals surface area contributed by atoms with Gasteiger partial charge in [-0.1, -0.05) is 0 Å².